The first-order valence-corrected chi connectivity index (χ1v) is 11.5. The SMILES string of the molecule is CC(CCNC(=O)OCC1c2ccccc2-c2ccccc21)CC(=O)NC[C@@H]1C[C@@H]1C(=O)O. The van der Waals surface area contributed by atoms with E-state index in [2.05, 4.69) is 34.9 Å². The summed E-state index contributed by atoms with van der Waals surface area (Å²) in [6.45, 7) is 3.07. The highest BCUT2D eigenvalue weighted by Crippen LogP contribution is 2.44. The number of hydrogen-bond donors (Lipinski definition) is 3. The standard InChI is InChI=1S/C26H30N2O5/c1-16(12-24(29)28-14-17-13-22(17)25(30)31)10-11-27-26(32)33-15-23-20-8-4-2-6-18(20)19-7-3-5-9-21(19)23/h2-9,16-17,22-23H,10-15H2,1H3,(H,27,32)(H,28,29)(H,30,31)/t16?,17-,22-/m0/s1. The van der Waals surface area contributed by atoms with Gasteiger partial charge in [0.1, 0.15) is 6.61 Å². The van der Waals surface area contributed by atoms with Crippen LogP contribution in [0.4, 0.5) is 4.79 Å². The Morgan fingerprint density at radius 1 is 1.03 bits per heavy atom. The highest BCUT2D eigenvalue weighted by molar-refractivity contribution is 5.79. The minimum Gasteiger partial charge on any atom is -0.481 e. The molecule has 0 bridgehead atoms. The molecule has 4 rings (SSSR count). The molecule has 2 aromatic rings. The lowest BCUT2D eigenvalue weighted by molar-refractivity contribution is -0.139. The molecule has 7 heteroatoms. The Labute approximate surface area is 193 Å². The van der Waals surface area contributed by atoms with Crippen molar-refractivity contribution in [2.24, 2.45) is 17.8 Å². The number of alkyl carbamates (subject to hydrolysis) is 1. The van der Waals surface area contributed by atoms with Crippen LogP contribution in [0.5, 0.6) is 0 Å². The van der Waals surface area contributed by atoms with E-state index in [0.717, 1.165) is 0 Å². The Hall–Kier alpha value is -3.35. The first-order valence-electron chi connectivity index (χ1n) is 11.5. The van der Waals surface area contributed by atoms with Gasteiger partial charge in [-0.15, -0.1) is 0 Å². The normalized spacial score (nSPS) is 19.2. The number of hydrogen-bond acceptors (Lipinski definition) is 4. The van der Waals surface area contributed by atoms with Gasteiger partial charge in [-0.05, 0) is 46.9 Å². The van der Waals surface area contributed by atoms with Crippen LogP contribution in [0.1, 0.15) is 43.2 Å². The third-order valence-electron chi connectivity index (χ3n) is 6.59. The summed E-state index contributed by atoms with van der Waals surface area (Å²) in [7, 11) is 0. The first-order chi connectivity index (χ1) is 15.9. The van der Waals surface area contributed by atoms with E-state index in [1.807, 2.05) is 31.2 Å². The zero-order chi connectivity index (χ0) is 23.4. The van der Waals surface area contributed by atoms with E-state index in [1.165, 1.54) is 22.3 Å². The average molecular weight is 451 g/mol. The number of ether oxygens (including phenoxy) is 1. The minimum atomic E-state index is -0.790. The number of fused-ring (bicyclic) bond motifs is 3. The van der Waals surface area contributed by atoms with Crippen molar-refractivity contribution in [2.45, 2.75) is 32.1 Å². The van der Waals surface area contributed by atoms with Crippen LogP contribution < -0.4 is 10.6 Å². The highest BCUT2D eigenvalue weighted by atomic mass is 16.5. The molecule has 1 fully saturated rings. The van der Waals surface area contributed by atoms with Crippen molar-refractivity contribution in [2.75, 3.05) is 19.7 Å². The predicted octanol–water partition coefficient (Wildman–Crippen LogP) is 3.78. The number of nitrogens with one attached hydrogen (secondary N) is 2. The van der Waals surface area contributed by atoms with E-state index in [0.29, 0.717) is 32.4 Å². The van der Waals surface area contributed by atoms with Crippen LogP contribution in [0, 0.1) is 17.8 Å². The molecular weight excluding hydrogens is 420 g/mol. The van der Waals surface area contributed by atoms with Gasteiger partial charge < -0.3 is 20.5 Å². The Bertz CT molecular complexity index is 991. The van der Waals surface area contributed by atoms with Gasteiger partial charge in [-0.2, -0.15) is 0 Å². The molecule has 0 radical (unpaired) electrons. The lowest BCUT2D eigenvalue weighted by Gasteiger charge is -2.15. The van der Waals surface area contributed by atoms with Crippen molar-refractivity contribution in [3.63, 3.8) is 0 Å². The molecule has 2 aromatic carbocycles. The van der Waals surface area contributed by atoms with Crippen LogP contribution in [0.3, 0.4) is 0 Å². The maximum absolute atomic E-state index is 12.2. The topological polar surface area (TPSA) is 105 Å². The van der Waals surface area contributed by atoms with Crippen molar-refractivity contribution in [1.29, 1.82) is 0 Å². The summed E-state index contributed by atoms with van der Waals surface area (Å²) in [5, 5.41) is 14.5. The lowest BCUT2D eigenvalue weighted by Crippen LogP contribution is -2.30. The van der Waals surface area contributed by atoms with Gasteiger partial charge >= 0.3 is 12.1 Å². The summed E-state index contributed by atoms with van der Waals surface area (Å²) >= 11 is 0. The summed E-state index contributed by atoms with van der Waals surface area (Å²) in [6, 6.07) is 16.4. The average Bonchev–Trinajstić information content (AvgIpc) is 3.52. The molecule has 174 valence electrons. The van der Waals surface area contributed by atoms with E-state index in [9.17, 15) is 14.4 Å². The van der Waals surface area contributed by atoms with Gasteiger partial charge in [0.15, 0.2) is 0 Å². The van der Waals surface area contributed by atoms with E-state index >= 15 is 0 Å². The maximum Gasteiger partial charge on any atom is 0.407 e. The van der Waals surface area contributed by atoms with Crippen molar-refractivity contribution in [3.8, 4) is 11.1 Å². The van der Waals surface area contributed by atoms with Gasteiger partial charge in [-0.1, -0.05) is 55.5 Å². The number of carbonyl (C=O) groups excluding carboxylic acids is 2. The van der Waals surface area contributed by atoms with Crippen LogP contribution in [-0.4, -0.2) is 42.8 Å². The lowest BCUT2D eigenvalue weighted by atomic mass is 9.98. The summed E-state index contributed by atoms with van der Waals surface area (Å²) in [6.07, 6.45) is 1.17. The van der Waals surface area contributed by atoms with Crippen LogP contribution >= 0.6 is 0 Å². The van der Waals surface area contributed by atoms with Gasteiger partial charge in [0.25, 0.3) is 0 Å². The minimum absolute atomic E-state index is 0.0259. The highest BCUT2D eigenvalue weighted by Gasteiger charge is 2.43. The molecule has 3 atom stereocenters. The molecule has 0 aliphatic heterocycles. The Kier molecular flexibility index (Phi) is 6.96. The molecule has 7 nitrogen and oxygen atoms in total. The zero-order valence-corrected chi connectivity index (χ0v) is 18.8. The fourth-order valence-corrected chi connectivity index (χ4v) is 4.58. The first kappa shape index (κ1) is 22.8. The molecule has 0 spiro atoms. The third-order valence-corrected chi connectivity index (χ3v) is 6.59. The Morgan fingerprint density at radius 2 is 1.67 bits per heavy atom. The second kappa shape index (κ2) is 10.1. The van der Waals surface area contributed by atoms with Crippen molar-refractivity contribution in [1.82, 2.24) is 10.6 Å². The summed E-state index contributed by atoms with van der Waals surface area (Å²) in [5.74, 6) is -1.02. The zero-order valence-electron chi connectivity index (χ0n) is 18.8. The van der Waals surface area contributed by atoms with Crippen molar-refractivity contribution < 1.29 is 24.2 Å². The molecule has 0 saturated heterocycles. The molecular formula is C26H30N2O5. The number of aliphatic carboxylic acids is 1. The van der Waals surface area contributed by atoms with Crippen LogP contribution in [0.25, 0.3) is 11.1 Å². The number of carbonyl (C=O) groups is 3. The molecule has 0 heterocycles. The molecule has 3 N–H and O–H groups in total. The van der Waals surface area contributed by atoms with Crippen molar-refractivity contribution >= 4 is 18.0 Å². The number of rotatable bonds is 10. The second-order valence-corrected chi connectivity index (χ2v) is 9.09. The Morgan fingerprint density at radius 3 is 2.27 bits per heavy atom. The molecule has 2 aliphatic rings. The number of benzene rings is 2. The molecule has 33 heavy (non-hydrogen) atoms. The maximum atomic E-state index is 12.2. The van der Waals surface area contributed by atoms with Crippen LogP contribution in [-0.2, 0) is 14.3 Å². The van der Waals surface area contributed by atoms with E-state index in [4.69, 9.17) is 9.84 Å². The monoisotopic (exact) mass is 450 g/mol. The van der Waals surface area contributed by atoms with Gasteiger partial charge in [0.2, 0.25) is 5.91 Å². The molecule has 1 unspecified atom stereocenters. The predicted molar refractivity (Wildman–Crippen MR) is 124 cm³/mol. The smallest absolute Gasteiger partial charge is 0.407 e. The van der Waals surface area contributed by atoms with Crippen molar-refractivity contribution in [3.05, 3.63) is 59.7 Å². The summed E-state index contributed by atoms with van der Waals surface area (Å²) in [4.78, 5) is 35.1. The van der Waals surface area contributed by atoms with E-state index < -0.39 is 12.1 Å². The van der Waals surface area contributed by atoms with E-state index in [1.54, 1.807) is 0 Å². The van der Waals surface area contributed by atoms with Crippen LogP contribution in [0.15, 0.2) is 48.5 Å². The molecule has 2 aliphatic carbocycles. The molecule has 2 amide bonds. The summed E-state index contributed by atoms with van der Waals surface area (Å²) in [5.41, 5.74) is 4.72. The van der Waals surface area contributed by atoms with Crippen LogP contribution in [0.2, 0.25) is 0 Å². The Balaban J connectivity index is 1.15. The summed E-state index contributed by atoms with van der Waals surface area (Å²) < 4.78 is 5.53. The number of carboxylic acid groups (broad SMARTS) is 1. The second-order valence-electron chi connectivity index (χ2n) is 9.09. The molecule has 0 aromatic heterocycles. The number of amides is 2. The van der Waals surface area contributed by atoms with Gasteiger partial charge in [0, 0.05) is 25.4 Å². The third kappa shape index (κ3) is 5.53. The van der Waals surface area contributed by atoms with Gasteiger partial charge in [-0.25, -0.2) is 4.79 Å². The van der Waals surface area contributed by atoms with E-state index in [-0.39, 0.29) is 36.2 Å². The largest absolute Gasteiger partial charge is 0.481 e. The molecule has 1 saturated carbocycles. The fraction of sp³-hybridized carbons (Fsp3) is 0.423. The van der Waals surface area contributed by atoms with Gasteiger partial charge in [-0.3, -0.25) is 9.59 Å². The fourth-order valence-electron chi connectivity index (χ4n) is 4.58. The van der Waals surface area contributed by atoms with Gasteiger partial charge in [0.05, 0.1) is 5.92 Å². The number of carboxylic acids is 1. The quantitative estimate of drug-likeness (QED) is 0.511.